The third-order valence-electron chi connectivity index (χ3n) is 4.52. The Balaban J connectivity index is 1.42. The van der Waals surface area contributed by atoms with E-state index in [-0.39, 0.29) is 30.3 Å². The van der Waals surface area contributed by atoms with Gasteiger partial charge in [0.05, 0.1) is 22.7 Å². The minimum absolute atomic E-state index is 0.0610. The second kappa shape index (κ2) is 7.40. The third kappa shape index (κ3) is 3.55. The molecule has 1 amide bonds. The molecule has 28 heavy (non-hydrogen) atoms. The van der Waals surface area contributed by atoms with Gasteiger partial charge in [-0.1, -0.05) is 12.1 Å². The van der Waals surface area contributed by atoms with Crippen LogP contribution in [0.15, 0.2) is 34.0 Å². The molecule has 4 rings (SSSR count). The molecule has 0 bridgehead atoms. The number of nitrogens with one attached hydrogen (secondary N) is 2. The van der Waals surface area contributed by atoms with Crippen LogP contribution in [0.3, 0.4) is 0 Å². The van der Waals surface area contributed by atoms with Crippen molar-refractivity contribution in [1.29, 1.82) is 0 Å². The number of para-hydroxylation sites is 1. The first kappa shape index (κ1) is 18.7. The van der Waals surface area contributed by atoms with Crippen LogP contribution >= 0.6 is 23.1 Å². The van der Waals surface area contributed by atoms with E-state index in [0.29, 0.717) is 10.2 Å². The molecule has 1 aliphatic heterocycles. The number of aryl methyl sites for hydroxylation is 2. The third-order valence-corrected chi connectivity index (χ3v) is 6.89. The van der Waals surface area contributed by atoms with Crippen molar-refractivity contribution in [1.82, 2.24) is 9.97 Å². The molecule has 1 aromatic carbocycles. The number of carbonyl (C=O) groups is 2. The highest BCUT2D eigenvalue weighted by molar-refractivity contribution is 8.01. The number of aromatic nitrogens is 2. The Morgan fingerprint density at radius 1 is 1.25 bits per heavy atom. The van der Waals surface area contributed by atoms with Gasteiger partial charge in [0.1, 0.15) is 17.3 Å². The van der Waals surface area contributed by atoms with Crippen LogP contribution < -0.4 is 10.9 Å². The largest absolute Gasteiger partial charge is 0.457 e. The predicted molar refractivity (Wildman–Crippen MR) is 109 cm³/mol. The number of thioether (sulfide) groups is 1. The van der Waals surface area contributed by atoms with Crippen molar-refractivity contribution in [2.45, 2.75) is 37.0 Å². The van der Waals surface area contributed by atoms with Gasteiger partial charge in [-0.05, 0) is 31.5 Å². The number of aromatic amines is 1. The van der Waals surface area contributed by atoms with E-state index in [1.54, 1.807) is 0 Å². The van der Waals surface area contributed by atoms with Crippen molar-refractivity contribution in [3.8, 4) is 0 Å². The Labute approximate surface area is 168 Å². The lowest BCUT2D eigenvalue weighted by Crippen LogP contribution is -2.31. The summed E-state index contributed by atoms with van der Waals surface area (Å²) in [5, 5.41) is 2.82. The maximum absolute atomic E-state index is 12.3. The molecular formula is C19H17N3O4S2. The highest BCUT2D eigenvalue weighted by Crippen LogP contribution is 2.36. The van der Waals surface area contributed by atoms with E-state index in [9.17, 15) is 14.4 Å². The maximum atomic E-state index is 12.3. The zero-order valence-corrected chi connectivity index (χ0v) is 16.8. The molecule has 0 fully saturated rings. The van der Waals surface area contributed by atoms with Crippen molar-refractivity contribution in [2.75, 3.05) is 5.32 Å². The number of fused-ring (bicyclic) bond motifs is 2. The van der Waals surface area contributed by atoms with Gasteiger partial charge in [0.25, 0.3) is 5.56 Å². The van der Waals surface area contributed by atoms with Crippen LogP contribution in [0.25, 0.3) is 10.2 Å². The minimum atomic E-state index is -0.556. The SMILES string of the molecule is Cc1sc2nc(COC(=O)C[C@H]3Sc4ccccc4NC3=O)[nH]c(=O)c2c1C. The lowest BCUT2D eigenvalue weighted by atomic mass is 10.2. The molecule has 7 nitrogen and oxygen atoms in total. The van der Waals surface area contributed by atoms with Crippen LogP contribution in [0.4, 0.5) is 5.69 Å². The van der Waals surface area contributed by atoms with Gasteiger partial charge in [-0.25, -0.2) is 4.98 Å². The average Bonchev–Trinajstić information content (AvgIpc) is 2.95. The van der Waals surface area contributed by atoms with Crippen LogP contribution in [0, 0.1) is 13.8 Å². The lowest BCUT2D eigenvalue weighted by Gasteiger charge is -2.23. The molecule has 0 aliphatic carbocycles. The number of anilines is 1. The number of esters is 1. The van der Waals surface area contributed by atoms with Gasteiger partial charge in [-0.15, -0.1) is 23.1 Å². The zero-order chi connectivity index (χ0) is 19.8. The Bertz CT molecular complexity index is 1150. The van der Waals surface area contributed by atoms with Crippen molar-refractivity contribution in [2.24, 2.45) is 0 Å². The molecule has 3 heterocycles. The van der Waals surface area contributed by atoms with Gasteiger partial charge in [-0.3, -0.25) is 14.4 Å². The van der Waals surface area contributed by atoms with Crippen LogP contribution in [-0.2, 0) is 20.9 Å². The highest BCUT2D eigenvalue weighted by atomic mass is 32.2. The second-order valence-electron chi connectivity index (χ2n) is 6.43. The van der Waals surface area contributed by atoms with Gasteiger partial charge < -0.3 is 15.0 Å². The van der Waals surface area contributed by atoms with Crippen molar-refractivity contribution in [3.63, 3.8) is 0 Å². The number of thiophene rings is 1. The Hall–Kier alpha value is -2.65. The molecule has 9 heteroatoms. The molecule has 0 radical (unpaired) electrons. The number of benzene rings is 1. The van der Waals surface area contributed by atoms with E-state index in [1.807, 2.05) is 38.1 Å². The molecule has 3 aromatic rings. The van der Waals surface area contributed by atoms with Gasteiger partial charge in [0.2, 0.25) is 5.91 Å². The van der Waals surface area contributed by atoms with Gasteiger partial charge >= 0.3 is 5.97 Å². The van der Waals surface area contributed by atoms with Crippen molar-refractivity contribution < 1.29 is 14.3 Å². The fraction of sp³-hybridized carbons (Fsp3) is 0.263. The number of carbonyl (C=O) groups excluding carboxylic acids is 2. The van der Waals surface area contributed by atoms with E-state index in [1.165, 1.54) is 23.1 Å². The van der Waals surface area contributed by atoms with Crippen LogP contribution in [0.5, 0.6) is 0 Å². The van der Waals surface area contributed by atoms with Crippen molar-refractivity contribution >= 4 is 50.9 Å². The fourth-order valence-electron chi connectivity index (χ4n) is 2.95. The molecule has 0 saturated carbocycles. The number of nitrogens with zero attached hydrogens (tertiary/aromatic N) is 1. The van der Waals surface area contributed by atoms with Gasteiger partial charge in [0.15, 0.2) is 0 Å². The predicted octanol–water partition coefficient (Wildman–Crippen LogP) is 3.15. The first-order chi connectivity index (χ1) is 13.4. The van der Waals surface area contributed by atoms with Crippen LogP contribution in [0.2, 0.25) is 0 Å². The topological polar surface area (TPSA) is 101 Å². The number of amides is 1. The van der Waals surface area contributed by atoms with E-state index in [0.717, 1.165) is 21.0 Å². The fourth-order valence-corrected chi connectivity index (χ4v) is 5.10. The summed E-state index contributed by atoms with van der Waals surface area (Å²) in [7, 11) is 0. The number of hydrogen-bond acceptors (Lipinski definition) is 7. The molecule has 144 valence electrons. The molecule has 2 aromatic heterocycles. The molecular weight excluding hydrogens is 398 g/mol. The quantitative estimate of drug-likeness (QED) is 0.635. The summed E-state index contributed by atoms with van der Waals surface area (Å²) >= 11 is 2.77. The Morgan fingerprint density at radius 3 is 2.86 bits per heavy atom. The van der Waals surface area contributed by atoms with Crippen LogP contribution in [0.1, 0.15) is 22.7 Å². The highest BCUT2D eigenvalue weighted by Gasteiger charge is 2.29. The zero-order valence-electron chi connectivity index (χ0n) is 15.2. The van der Waals surface area contributed by atoms with Gasteiger partial charge in [0, 0.05) is 9.77 Å². The van der Waals surface area contributed by atoms with E-state index < -0.39 is 11.2 Å². The summed E-state index contributed by atoms with van der Waals surface area (Å²) in [6, 6.07) is 7.44. The molecule has 2 N–H and O–H groups in total. The summed E-state index contributed by atoms with van der Waals surface area (Å²) in [6.45, 7) is 3.68. The molecule has 0 spiro atoms. The van der Waals surface area contributed by atoms with E-state index in [4.69, 9.17) is 4.74 Å². The lowest BCUT2D eigenvalue weighted by molar-refractivity contribution is -0.146. The summed E-state index contributed by atoms with van der Waals surface area (Å²) in [5.41, 5.74) is 1.42. The molecule has 0 unspecified atom stereocenters. The number of H-pyrrole nitrogens is 1. The Kier molecular flexibility index (Phi) is 4.94. The maximum Gasteiger partial charge on any atom is 0.307 e. The summed E-state index contributed by atoms with van der Waals surface area (Å²) in [6.07, 6.45) is -0.0610. The van der Waals surface area contributed by atoms with Gasteiger partial charge in [-0.2, -0.15) is 0 Å². The molecule has 0 saturated heterocycles. The second-order valence-corrected chi connectivity index (χ2v) is 8.88. The number of hydrogen-bond donors (Lipinski definition) is 2. The van der Waals surface area contributed by atoms with E-state index >= 15 is 0 Å². The summed E-state index contributed by atoms with van der Waals surface area (Å²) in [4.78, 5) is 46.3. The van der Waals surface area contributed by atoms with Crippen molar-refractivity contribution in [3.05, 3.63) is 50.9 Å². The number of rotatable bonds is 4. The summed E-state index contributed by atoms with van der Waals surface area (Å²) < 4.78 is 5.25. The standard InChI is InChI=1S/C19H17N3O4S2/c1-9-10(2)27-19-16(9)18(25)21-14(22-19)8-26-15(23)7-13-17(24)20-11-5-3-4-6-12(11)28-13/h3-6,13H,7-8H2,1-2H3,(H,20,24)(H,21,22,25)/t13-/m1/s1. The number of ether oxygens (including phenoxy) is 1. The monoisotopic (exact) mass is 415 g/mol. The minimum Gasteiger partial charge on any atom is -0.457 e. The Morgan fingerprint density at radius 2 is 2.04 bits per heavy atom. The normalized spacial score (nSPS) is 15.9. The van der Waals surface area contributed by atoms with Crippen LogP contribution in [-0.4, -0.2) is 27.1 Å². The molecule has 1 aliphatic rings. The summed E-state index contributed by atoms with van der Waals surface area (Å²) in [5.74, 6) is -0.454. The average molecular weight is 415 g/mol. The first-order valence-electron chi connectivity index (χ1n) is 8.63. The smallest absolute Gasteiger partial charge is 0.307 e. The van der Waals surface area contributed by atoms with E-state index in [2.05, 4.69) is 15.3 Å². The first-order valence-corrected chi connectivity index (χ1v) is 10.3. The molecule has 1 atom stereocenters.